The molecule has 0 aliphatic carbocycles. The van der Waals surface area contributed by atoms with Crippen molar-refractivity contribution in [2.45, 2.75) is 64.8 Å². The number of halogens is 3. The highest BCUT2D eigenvalue weighted by molar-refractivity contribution is 7.98. The summed E-state index contributed by atoms with van der Waals surface area (Å²) in [5, 5.41) is 5.22. The van der Waals surface area contributed by atoms with Crippen LogP contribution in [0.4, 0.5) is 13.2 Å². The summed E-state index contributed by atoms with van der Waals surface area (Å²) in [6, 6.07) is 10.1. The zero-order chi connectivity index (χ0) is 26.2. The van der Waals surface area contributed by atoms with E-state index in [4.69, 9.17) is 0 Å². The number of carbonyl (C=O) groups is 2. The number of carbonyl (C=O) groups excluding carboxylic acids is 2. The highest BCUT2D eigenvalue weighted by Crippen LogP contribution is 2.34. The summed E-state index contributed by atoms with van der Waals surface area (Å²) in [5.74, 6) is -0.177. The van der Waals surface area contributed by atoms with Crippen molar-refractivity contribution < 1.29 is 22.8 Å². The number of thioether (sulfide) groups is 1. The summed E-state index contributed by atoms with van der Waals surface area (Å²) in [7, 11) is 0. The fourth-order valence-corrected chi connectivity index (χ4v) is 4.27. The molecule has 0 unspecified atom stereocenters. The molecule has 8 heteroatoms. The molecule has 2 rings (SSSR count). The van der Waals surface area contributed by atoms with Crippen LogP contribution in [-0.2, 0) is 9.59 Å². The van der Waals surface area contributed by atoms with Crippen molar-refractivity contribution in [3.8, 4) is 11.1 Å². The van der Waals surface area contributed by atoms with Crippen LogP contribution in [-0.4, -0.2) is 42.0 Å². The summed E-state index contributed by atoms with van der Waals surface area (Å²) < 4.78 is 42.4. The largest absolute Gasteiger partial charge is 0.407 e. The van der Waals surface area contributed by atoms with E-state index in [1.165, 1.54) is 30.8 Å². The molecule has 0 aliphatic heterocycles. The minimum Gasteiger partial charge on any atom is -0.345 e. The predicted octanol–water partition coefficient (Wildman–Crippen LogP) is 6.10. The van der Waals surface area contributed by atoms with Crippen LogP contribution in [0.3, 0.4) is 0 Å². The lowest BCUT2D eigenvalue weighted by atomic mass is 9.97. The second-order valence-corrected chi connectivity index (χ2v) is 10.3. The first-order chi connectivity index (χ1) is 16.4. The maximum atomic E-state index is 14.1. The number of alkyl halides is 3. The molecule has 2 aromatic rings. The van der Waals surface area contributed by atoms with Gasteiger partial charge in [0.1, 0.15) is 6.04 Å². The minimum absolute atomic E-state index is 0.0282. The predicted molar refractivity (Wildman–Crippen MR) is 137 cm³/mol. The molecular formula is C27H35F3N2O2S. The third kappa shape index (κ3) is 9.00. The van der Waals surface area contributed by atoms with Crippen LogP contribution in [0, 0.1) is 12.8 Å². The van der Waals surface area contributed by atoms with Crippen LogP contribution in [0.2, 0.25) is 0 Å². The third-order valence-electron chi connectivity index (χ3n) is 5.77. The molecule has 0 saturated heterocycles. The zero-order valence-corrected chi connectivity index (χ0v) is 21.7. The summed E-state index contributed by atoms with van der Waals surface area (Å²) in [6.45, 7) is 7.04. The van der Waals surface area contributed by atoms with E-state index >= 15 is 0 Å². The monoisotopic (exact) mass is 508 g/mol. The van der Waals surface area contributed by atoms with Crippen molar-refractivity contribution in [1.82, 2.24) is 10.6 Å². The maximum Gasteiger partial charge on any atom is 0.407 e. The molecule has 0 bridgehead atoms. The van der Waals surface area contributed by atoms with Crippen LogP contribution in [0.15, 0.2) is 48.5 Å². The number of benzene rings is 2. The first-order valence-electron chi connectivity index (χ1n) is 11.7. The first-order valence-corrected chi connectivity index (χ1v) is 13.1. The number of Topliss-reactive ketones (excluding diaryl/α,β-unsaturated/α-hetero) is 1. The normalized spacial score (nSPS) is 14.4. The number of amides is 1. The van der Waals surface area contributed by atoms with Crippen molar-refractivity contribution >= 4 is 23.5 Å². The minimum atomic E-state index is -4.61. The molecule has 2 N–H and O–H groups in total. The van der Waals surface area contributed by atoms with E-state index < -0.39 is 30.2 Å². The highest BCUT2D eigenvalue weighted by Gasteiger charge is 2.43. The van der Waals surface area contributed by atoms with Gasteiger partial charge in [0.25, 0.3) is 0 Å². The number of ketones is 1. The van der Waals surface area contributed by atoms with Crippen LogP contribution in [0.1, 0.15) is 50.8 Å². The average molecular weight is 509 g/mol. The number of hydrogen-bond acceptors (Lipinski definition) is 4. The molecule has 0 aliphatic rings. The fraction of sp³-hybridized carbons (Fsp3) is 0.481. The number of hydrogen-bond donors (Lipinski definition) is 2. The van der Waals surface area contributed by atoms with Gasteiger partial charge in [0.15, 0.2) is 5.78 Å². The standard InChI is InChI=1S/C27H35F3N2O2S/c1-17(2)16-24(26(34)32-23(19(4)33)14-15-35-5)31-25(27(28,29)30)22-12-10-21(11-13-22)20-8-6-18(3)7-9-20/h6-13,17,23-25,31H,14-16H2,1-5H3,(H,32,34)/t23-,24-,25-/m0/s1. The van der Waals surface area contributed by atoms with Gasteiger partial charge in [0.2, 0.25) is 5.91 Å². The summed E-state index contributed by atoms with van der Waals surface area (Å²) in [5.41, 5.74) is 2.85. The van der Waals surface area contributed by atoms with Gasteiger partial charge in [-0.15, -0.1) is 0 Å². The van der Waals surface area contributed by atoms with Gasteiger partial charge < -0.3 is 5.32 Å². The number of aryl methyl sites for hydroxylation is 1. The molecule has 2 aromatic carbocycles. The second kappa shape index (κ2) is 13.1. The van der Waals surface area contributed by atoms with E-state index in [-0.39, 0.29) is 23.7 Å². The van der Waals surface area contributed by atoms with Gasteiger partial charge in [-0.05, 0) is 61.3 Å². The SMILES string of the molecule is CSCC[C@H](NC(=O)[C@H](CC(C)C)N[C@@H](c1ccc(-c2ccc(C)cc2)cc1)C(F)(F)F)C(C)=O. The van der Waals surface area contributed by atoms with Gasteiger partial charge in [-0.3, -0.25) is 14.9 Å². The van der Waals surface area contributed by atoms with Crippen molar-refractivity contribution in [3.63, 3.8) is 0 Å². The fourth-order valence-electron chi connectivity index (χ4n) is 3.80. The topological polar surface area (TPSA) is 58.2 Å². The number of rotatable bonds is 12. The first kappa shape index (κ1) is 28.9. The van der Waals surface area contributed by atoms with E-state index in [2.05, 4.69) is 10.6 Å². The summed E-state index contributed by atoms with van der Waals surface area (Å²) in [6.07, 6.45) is -2.09. The Balaban J connectivity index is 2.28. The Hall–Kier alpha value is -2.32. The summed E-state index contributed by atoms with van der Waals surface area (Å²) in [4.78, 5) is 25.0. The lowest BCUT2D eigenvalue weighted by Crippen LogP contribution is -2.53. The van der Waals surface area contributed by atoms with Crippen LogP contribution in [0.25, 0.3) is 11.1 Å². The van der Waals surface area contributed by atoms with E-state index in [0.29, 0.717) is 12.2 Å². The van der Waals surface area contributed by atoms with E-state index in [0.717, 1.165) is 16.7 Å². The Labute approximate surface area is 210 Å². The Morgan fingerprint density at radius 3 is 1.94 bits per heavy atom. The van der Waals surface area contributed by atoms with E-state index in [1.807, 2.05) is 51.3 Å². The Morgan fingerprint density at radius 1 is 0.943 bits per heavy atom. The van der Waals surface area contributed by atoms with Crippen molar-refractivity contribution in [3.05, 3.63) is 59.7 Å². The highest BCUT2D eigenvalue weighted by atomic mass is 32.2. The van der Waals surface area contributed by atoms with Crippen molar-refractivity contribution in [1.29, 1.82) is 0 Å². The Bertz CT molecular complexity index is 960. The lowest BCUT2D eigenvalue weighted by molar-refractivity contribution is -0.161. The van der Waals surface area contributed by atoms with Gasteiger partial charge in [0.05, 0.1) is 12.1 Å². The molecule has 0 saturated carbocycles. The van der Waals surface area contributed by atoms with Gasteiger partial charge in [-0.1, -0.05) is 67.9 Å². The van der Waals surface area contributed by atoms with Crippen LogP contribution < -0.4 is 10.6 Å². The molecule has 0 spiro atoms. The van der Waals surface area contributed by atoms with Gasteiger partial charge in [-0.2, -0.15) is 24.9 Å². The van der Waals surface area contributed by atoms with Gasteiger partial charge in [-0.25, -0.2) is 0 Å². The van der Waals surface area contributed by atoms with Crippen molar-refractivity contribution in [2.75, 3.05) is 12.0 Å². The Kier molecular flexibility index (Phi) is 10.8. The average Bonchev–Trinajstić information content (AvgIpc) is 2.78. The Morgan fingerprint density at radius 2 is 1.49 bits per heavy atom. The lowest BCUT2D eigenvalue weighted by Gasteiger charge is -2.29. The zero-order valence-electron chi connectivity index (χ0n) is 20.9. The molecule has 0 radical (unpaired) electrons. The third-order valence-corrected chi connectivity index (χ3v) is 6.41. The van der Waals surface area contributed by atoms with Crippen LogP contribution in [0.5, 0.6) is 0 Å². The molecule has 1 amide bonds. The van der Waals surface area contributed by atoms with E-state index in [1.54, 1.807) is 12.1 Å². The van der Waals surface area contributed by atoms with Crippen LogP contribution >= 0.6 is 11.8 Å². The molecule has 0 aromatic heterocycles. The molecule has 35 heavy (non-hydrogen) atoms. The quantitative estimate of drug-likeness (QED) is 0.364. The molecule has 192 valence electrons. The molecule has 4 nitrogen and oxygen atoms in total. The molecule has 0 heterocycles. The molecule has 0 fully saturated rings. The molecular weight excluding hydrogens is 473 g/mol. The van der Waals surface area contributed by atoms with Gasteiger partial charge >= 0.3 is 6.18 Å². The van der Waals surface area contributed by atoms with Gasteiger partial charge in [0, 0.05) is 0 Å². The smallest absolute Gasteiger partial charge is 0.345 e. The maximum absolute atomic E-state index is 14.1. The van der Waals surface area contributed by atoms with Crippen molar-refractivity contribution in [2.24, 2.45) is 5.92 Å². The van der Waals surface area contributed by atoms with E-state index in [9.17, 15) is 22.8 Å². The summed E-state index contributed by atoms with van der Waals surface area (Å²) >= 11 is 1.54. The molecule has 3 atom stereocenters. The second-order valence-electron chi connectivity index (χ2n) is 9.26. The number of nitrogens with one attached hydrogen (secondary N) is 2.